The lowest BCUT2D eigenvalue weighted by Gasteiger charge is -2.28. The summed E-state index contributed by atoms with van der Waals surface area (Å²) < 4.78 is 10.9. The van der Waals surface area contributed by atoms with Gasteiger partial charge in [-0.05, 0) is 62.7 Å². The second-order valence-corrected chi connectivity index (χ2v) is 7.83. The Balaban J connectivity index is 0.00000300. The van der Waals surface area contributed by atoms with E-state index < -0.39 is 0 Å². The summed E-state index contributed by atoms with van der Waals surface area (Å²) in [6, 6.07) is 5.51. The van der Waals surface area contributed by atoms with E-state index in [2.05, 4.69) is 22.9 Å². The number of methoxy groups -OCH3 is 1. The number of ether oxygens (including phenoxy) is 2. The van der Waals surface area contributed by atoms with Gasteiger partial charge in [-0.1, -0.05) is 6.92 Å². The lowest BCUT2D eigenvalue weighted by Crippen LogP contribution is -2.34. The fraction of sp³-hybridized carbons (Fsp3) is 0.619. The minimum atomic E-state index is -0.145. The average molecular weight is 426 g/mol. The van der Waals surface area contributed by atoms with E-state index in [1.165, 1.54) is 12.8 Å². The SMILES string of the molecule is COc1ccc(NC(=O)CC(C)C2CCCNC2)cc1OCC(=O)NC1CC1.Cl. The van der Waals surface area contributed by atoms with Gasteiger partial charge in [-0.3, -0.25) is 9.59 Å². The molecule has 2 fully saturated rings. The molecule has 7 nitrogen and oxygen atoms in total. The summed E-state index contributed by atoms with van der Waals surface area (Å²) in [5.41, 5.74) is 0.636. The fourth-order valence-electron chi connectivity index (χ4n) is 3.54. The Hall–Kier alpha value is -1.99. The zero-order valence-electron chi connectivity index (χ0n) is 17.2. The van der Waals surface area contributed by atoms with Crippen LogP contribution in [0.3, 0.4) is 0 Å². The normalized spacial score (nSPS) is 19.4. The summed E-state index contributed by atoms with van der Waals surface area (Å²) in [5.74, 6) is 1.68. The third-order valence-corrected chi connectivity index (χ3v) is 5.40. The lowest BCUT2D eigenvalue weighted by atomic mass is 9.85. The fourth-order valence-corrected chi connectivity index (χ4v) is 3.54. The van der Waals surface area contributed by atoms with Crippen LogP contribution >= 0.6 is 12.4 Å². The van der Waals surface area contributed by atoms with E-state index in [1.807, 2.05) is 0 Å². The summed E-state index contributed by atoms with van der Waals surface area (Å²) in [6.45, 7) is 4.12. The Labute approximate surface area is 178 Å². The first kappa shape index (κ1) is 23.3. The molecule has 2 atom stereocenters. The number of amides is 2. The van der Waals surface area contributed by atoms with Gasteiger partial charge in [0.1, 0.15) is 0 Å². The van der Waals surface area contributed by atoms with Crippen molar-refractivity contribution in [1.29, 1.82) is 0 Å². The van der Waals surface area contributed by atoms with Crippen molar-refractivity contribution in [3.05, 3.63) is 18.2 Å². The second kappa shape index (κ2) is 11.3. The standard InChI is InChI=1S/C21H31N3O4.ClH/c1-14(15-4-3-9-22-12-15)10-20(25)24-17-7-8-18(27-2)19(11-17)28-13-21(26)23-16-5-6-16;/h7-8,11,14-16,22H,3-6,9-10,12-13H2,1-2H3,(H,23,26)(H,24,25);1H. The third kappa shape index (κ3) is 7.40. The van der Waals surface area contributed by atoms with Crippen LogP contribution in [-0.2, 0) is 9.59 Å². The van der Waals surface area contributed by atoms with Crippen LogP contribution in [0.5, 0.6) is 11.5 Å². The number of halogens is 1. The van der Waals surface area contributed by atoms with Gasteiger partial charge in [0.15, 0.2) is 18.1 Å². The zero-order chi connectivity index (χ0) is 19.9. The van der Waals surface area contributed by atoms with Crippen LogP contribution < -0.4 is 25.4 Å². The van der Waals surface area contributed by atoms with E-state index in [4.69, 9.17) is 9.47 Å². The van der Waals surface area contributed by atoms with Gasteiger partial charge in [-0.15, -0.1) is 12.4 Å². The van der Waals surface area contributed by atoms with Gasteiger partial charge in [0.2, 0.25) is 5.91 Å². The van der Waals surface area contributed by atoms with Gasteiger partial charge in [-0.2, -0.15) is 0 Å². The lowest BCUT2D eigenvalue weighted by molar-refractivity contribution is -0.123. The van der Waals surface area contributed by atoms with Crippen LogP contribution in [0.4, 0.5) is 5.69 Å². The first-order chi connectivity index (χ1) is 13.5. The molecule has 29 heavy (non-hydrogen) atoms. The van der Waals surface area contributed by atoms with Crippen molar-refractivity contribution in [3.63, 3.8) is 0 Å². The number of hydrogen-bond acceptors (Lipinski definition) is 5. The smallest absolute Gasteiger partial charge is 0.258 e. The minimum Gasteiger partial charge on any atom is -0.493 e. The van der Waals surface area contributed by atoms with Gasteiger partial charge in [0.25, 0.3) is 5.91 Å². The Morgan fingerprint density at radius 3 is 2.66 bits per heavy atom. The molecule has 0 radical (unpaired) electrons. The van der Waals surface area contributed by atoms with E-state index in [0.29, 0.717) is 41.5 Å². The molecule has 0 bridgehead atoms. The molecule has 8 heteroatoms. The van der Waals surface area contributed by atoms with Gasteiger partial charge < -0.3 is 25.4 Å². The molecule has 2 unspecified atom stereocenters. The molecule has 1 aliphatic carbocycles. The molecule has 2 aliphatic rings. The van der Waals surface area contributed by atoms with Crippen LogP contribution in [0.15, 0.2) is 18.2 Å². The Morgan fingerprint density at radius 1 is 1.21 bits per heavy atom. The molecule has 1 saturated heterocycles. The molecule has 0 spiro atoms. The molecule has 1 saturated carbocycles. The third-order valence-electron chi connectivity index (χ3n) is 5.40. The highest BCUT2D eigenvalue weighted by atomic mass is 35.5. The maximum absolute atomic E-state index is 12.5. The molecule has 3 rings (SSSR count). The number of carbonyl (C=O) groups excluding carboxylic acids is 2. The van der Waals surface area contributed by atoms with Crippen molar-refractivity contribution in [2.24, 2.45) is 11.8 Å². The number of anilines is 1. The van der Waals surface area contributed by atoms with Crippen molar-refractivity contribution in [3.8, 4) is 11.5 Å². The molecule has 1 aliphatic heterocycles. The number of piperidine rings is 1. The number of rotatable bonds is 9. The maximum Gasteiger partial charge on any atom is 0.258 e. The predicted octanol–water partition coefficient (Wildman–Crippen LogP) is 2.74. The molecule has 162 valence electrons. The molecule has 1 heterocycles. The van der Waals surface area contributed by atoms with Gasteiger partial charge in [0, 0.05) is 24.2 Å². The summed E-state index contributed by atoms with van der Waals surface area (Å²) in [7, 11) is 1.55. The Bertz CT molecular complexity index is 691. The highest BCUT2D eigenvalue weighted by Gasteiger charge is 2.24. The highest BCUT2D eigenvalue weighted by molar-refractivity contribution is 5.91. The average Bonchev–Trinajstić information content (AvgIpc) is 3.51. The minimum absolute atomic E-state index is 0. The van der Waals surface area contributed by atoms with E-state index in [-0.39, 0.29) is 30.8 Å². The largest absolute Gasteiger partial charge is 0.493 e. The van der Waals surface area contributed by atoms with E-state index in [1.54, 1.807) is 25.3 Å². The topological polar surface area (TPSA) is 88.7 Å². The van der Waals surface area contributed by atoms with Crippen LogP contribution in [0.2, 0.25) is 0 Å². The second-order valence-electron chi connectivity index (χ2n) is 7.83. The van der Waals surface area contributed by atoms with Crippen molar-refractivity contribution in [2.75, 3.05) is 32.1 Å². The summed E-state index contributed by atoms with van der Waals surface area (Å²) >= 11 is 0. The van der Waals surface area contributed by atoms with E-state index >= 15 is 0 Å². The van der Waals surface area contributed by atoms with Crippen LogP contribution in [-0.4, -0.2) is 44.7 Å². The highest BCUT2D eigenvalue weighted by Crippen LogP contribution is 2.31. The quantitative estimate of drug-likeness (QED) is 0.566. The molecule has 3 N–H and O–H groups in total. The summed E-state index contributed by atoms with van der Waals surface area (Å²) in [4.78, 5) is 24.3. The van der Waals surface area contributed by atoms with Crippen molar-refractivity contribution in [1.82, 2.24) is 10.6 Å². The monoisotopic (exact) mass is 425 g/mol. The Morgan fingerprint density at radius 2 is 2.00 bits per heavy atom. The predicted molar refractivity (Wildman–Crippen MR) is 115 cm³/mol. The molecular weight excluding hydrogens is 394 g/mol. The van der Waals surface area contributed by atoms with Gasteiger partial charge in [-0.25, -0.2) is 0 Å². The summed E-state index contributed by atoms with van der Waals surface area (Å²) in [6.07, 6.45) is 4.89. The van der Waals surface area contributed by atoms with Crippen molar-refractivity contribution in [2.45, 2.75) is 45.1 Å². The van der Waals surface area contributed by atoms with Gasteiger partial charge >= 0.3 is 0 Å². The Kier molecular flexibility index (Phi) is 9.04. The van der Waals surface area contributed by atoms with E-state index in [9.17, 15) is 9.59 Å². The summed E-state index contributed by atoms with van der Waals surface area (Å²) in [5, 5.41) is 9.22. The van der Waals surface area contributed by atoms with E-state index in [0.717, 1.165) is 25.9 Å². The number of carbonyl (C=O) groups is 2. The van der Waals surface area contributed by atoms with Crippen LogP contribution in [0.25, 0.3) is 0 Å². The van der Waals surface area contributed by atoms with Crippen LogP contribution in [0.1, 0.15) is 39.0 Å². The van der Waals surface area contributed by atoms with Gasteiger partial charge in [0.05, 0.1) is 7.11 Å². The number of hydrogen-bond donors (Lipinski definition) is 3. The molecular formula is C21H32ClN3O4. The maximum atomic E-state index is 12.5. The number of nitrogens with one attached hydrogen (secondary N) is 3. The first-order valence-electron chi connectivity index (χ1n) is 10.2. The molecule has 0 aromatic heterocycles. The zero-order valence-corrected chi connectivity index (χ0v) is 18.0. The van der Waals surface area contributed by atoms with Crippen molar-refractivity contribution >= 4 is 29.9 Å². The number of benzene rings is 1. The first-order valence-corrected chi connectivity index (χ1v) is 10.2. The molecule has 1 aromatic rings. The molecule has 2 amide bonds. The van der Waals surface area contributed by atoms with Crippen LogP contribution in [0, 0.1) is 11.8 Å². The molecule has 1 aromatic carbocycles. The van der Waals surface area contributed by atoms with Crippen molar-refractivity contribution < 1.29 is 19.1 Å².